The van der Waals surface area contributed by atoms with Crippen molar-refractivity contribution in [1.29, 1.82) is 0 Å². The molecule has 1 aromatic heterocycles. The van der Waals surface area contributed by atoms with Crippen molar-refractivity contribution in [1.82, 2.24) is 9.97 Å². The molecule has 0 amide bonds. The first-order valence-corrected chi connectivity index (χ1v) is 5.86. The third-order valence-electron chi connectivity index (χ3n) is 2.63. The lowest BCUT2D eigenvalue weighted by Gasteiger charge is -2.07. The second-order valence-electron chi connectivity index (χ2n) is 3.96. The van der Waals surface area contributed by atoms with Gasteiger partial charge in [-0.15, -0.1) is 0 Å². The minimum Gasteiger partial charge on any atom is -0.373 e. The third-order valence-corrected chi connectivity index (χ3v) is 2.63. The van der Waals surface area contributed by atoms with Crippen LogP contribution >= 0.6 is 0 Å². The van der Waals surface area contributed by atoms with Gasteiger partial charge in [0, 0.05) is 19.7 Å². The highest BCUT2D eigenvalue weighted by atomic mass is 19.2. The lowest BCUT2D eigenvalue weighted by Crippen LogP contribution is -2.07. The van der Waals surface area contributed by atoms with E-state index in [2.05, 4.69) is 20.6 Å². The molecule has 0 bridgehead atoms. The summed E-state index contributed by atoms with van der Waals surface area (Å²) in [6.07, 6.45) is 2.03. The minimum atomic E-state index is -0.828. The van der Waals surface area contributed by atoms with E-state index in [0.29, 0.717) is 24.6 Å². The lowest BCUT2D eigenvalue weighted by atomic mass is 10.1. The Bertz CT molecular complexity index is 560. The number of hydrogen-bond donors (Lipinski definition) is 2. The predicted molar refractivity (Wildman–Crippen MR) is 70.1 cm³/mol. The standard InChI is InChI=1S/C13H14F2N4/c1-16-12-7-13(19-8-18-12)17-5-4-9-2-3-10(14)11(15)6-9/h2-3,6-8H,4-5H2,1H3,(H2,16,17,18,19). The van der Waals surface area contributed by atoms with Crippen LogP contribution in [0.15, 0.2) is 30.6 Å². The van der Waals surface area contributed by atoms with Crippen LogP contribution in [0.3, 0.4) is 0 Å². The van der Waals surface area contributed by atoms with E-state index in [0.717, 1.165) is 11.6 Å². The maximum atomic E-state index is 13.0. The second-order valence-corrected chi connectivity index (χ2v) is 3.96. The van der Waals surface area contributed by atoms with E-state index in [9.17, 15) is 8.78 Å². The molecule has 2 aromatic rings. The minimum absolute atomic E-state index is 0.575. The normalized spacial score (nSPS) is 10.3. The largest absolute Gasteiger partial charge is 0.373 e. The molecule has 0 radical (unpaired) electrons. The summed E-state index contributed by atoms with van der Waals surface area (Å²) in [7, 11) is 1.77. The molecule has 0 atom stereocenters. The van der Waals surface area contributed by atoms with E-state index in [4.69, 9.17) is 0 Å². The van der Waals surface area contributed by atoms with Gasteiger partial charge in [-0.2, -0.15) is 0 Å². The number of halogens is 2. The van der Waals surface area contributed by atoms with Crippen molar-refractivity contribution >= 4 is 11.6 Å². The highest BCUT2D eigenvalue weighted by Crippen LogP contribution is 2.10. The molecule has 0 fully saturated rings. The maximum Gasteiger partial charge on any atom is 0.159 e. The van der Waals surface area contributed by atoms with Crippen LogP contribution in [0, 0.1) is 11.6 Å². The van der Waals surface area contributed by atoms with Crippen molar-refractivity contribution in [2.45, 2.75) is 6.42 Å². The number of anilines is 2. The van der Waals surface area contributed by atoms with E-state index in [1.807, 2.05) is 0 Å². The first-order chi connectivity index (χ1) is 9.19. The molecule has 0 aliphatic carbocycles. The highest BCUT2D eigenvalue weighted by molar-refractivity contribution is 5.45. The van der Waals surface area contributed by atoms with Gasteiger partial charge in [-0.05, 0) is 24.1 Å². The average molecular weight is 264 g/mol. The third kappa shape index (κ3) is 3.61. The van der Waals surface area contributed by atoms with Gasteiger partial charge in [-0.3, -0.25) is 0 Å². The van der Waals surface area contributed by atoms with Gasteiger partial charge in [-0.25, -0.2) is 18.7 Å². The van der Waals surface area contributed by atoms with Crippen LogP contribution in [-0.4, -0.2) is 23.6 Å². The average Bonchev–Trinajstić information content (AvgIpc) is 2.43. The first-order valence-electron chi connectivity index (χ1n) is 5.86. The molecule has 0 aliphatic heterocycles. The van der Waals surface area contributed by atoms with Crippen LogP contribution in [-0.2, 0) is 6.42 Å². The molecule has 0 saturated carbocycles. The summed E-state index contributed by atoms with van der Waals surface area (Å²) >= 11 is 0. The fraction of sp³-hybridized carbons (Fsp3) is 0.231. The molecule has 100 valence electrons. The van der Waals surface area contributed by atoms with Crippen LogP contribution in [0.5, 0.6) is 0 Å². The Morgan fingerprint density at radius 1 is 1.05 bits per heavy atom. The summed E-state index contributed by atoms with van der Waals surface area (Å²) < 4.78 is 25.8. The van der Waals surface area contributed by atoms with Crippen molar-refractivity contribution in [3.63, 3.8) is 0 Å². The quantitative estimate of drug-likeness (QED) is 0.871. The van der Waals surface area contributed by atoms with Crippen LogP contribution in [0.1, 0.15) is 5.56 Å². The zero-order valence-corrected chi connectivity index (χ0v) is 10.5. The van der Waals surface area contributed by atoms with Crippen LogP contribution < -0.4 is 10.6 Å². The lowest BCUT2D eigenvalue weighted by molar-refractivity contribution is 0.507. The molecule has 0 spiro atoms. The highest BCUT2D eigenvalue weighted by Gasteiger charge is 2.02. The Morgan fingerprint density at radius 2 is 1.84 bits per heavy atom. The summed E-state index contributed by atoms with van der Waals surface area (Å²) in [5, 5.41) is 6.00. The number of rotatable bonds is 5. The van der Waals surface area contributed by atoms with E-state index >= 15 is 0 Å². The number of nitrogens with one attached hydrogen (secondary N) is 2. The fourth-order valence-corrected chi connectivity index (χ4v) is 1.62. The summed E-state index contributed by atoms with van der Waals surface area (Å²) in [5.41, 5.74) is 0.731. The van der Waals surface area contributed by atoms with Crippen molar-refractivity contribution < 1.29 is 8.78 Å². The van der Waals surface area contributed by atoms with Crippen LogP contribution in [0.4, 0.5) is 20.4 Å². The Labute approximate surface area is 109 Å². The monoisotopic (exact) mass is 264 g/mol. The molecule has 4 nitrogen and oxygen atoms in total. The molecule has 2 rings (SSSR count). The maximum absolute atomic E-state index is 13.0. The van der Waals surface area contributed by atoms with E-state index < -0.39 is 11.6 Å². The first kappa shape index (κ1) is 13.2. The van der Waals surface area contributed by atoms with Crippen molar-refractivity contribution in [2.24, 2.45) is 0 Å². The molecular weight excluding hydrogens is 250 g/mol. The van der Waals surface area contributed by atoms with Gasteiger partial charge in [-0.1, -0.05) is 6.07 Å². The van der Waals surface area contributed by atoms with Crippen molar-refractivity contribution in [3.8, 4) is 0 Å². The molecule has 0 aliphatic rings. The van der Waals surface area contributed by atoms with Gasteiger partial charge in [0.25, 0.3) is 0 Å². The summed E-state index contributed by atoms with van der Waals surface area (Å²) in [4.78, 5) is 8.05. The van der Waals surface area contributed by atoms with Crippen LogP contribution in [0.2, 0.25) is 0 Å². The van der Waals surface area contributed by atoms with Gasteiger partial charge in [0.1, 0.15) is 18.0 Å². The van der Waals surface area contributed by atoms with Gasteiger partial charge in [0.2, 0.25) is 0 Å². The molecule has 1 aromatic carbocycles. The Morgan fingerprint density at radius 3 is 2.58 bits per heavy atom. The number of hydrogen-bond acceptors (Lipinski definition) is 4. The molecule has 2 N–H and O–H groups in total. The molecule has 19 heavy (non-hydrogen) atoms. The Hall–Kier alpha value is -2.24. The zero-order valence-electron chi connectivity index (χ0n) is 10.5. The molecule has 0 saturated heterocycles. The van der Waals surface area contributed by atoms with Crippen molar-refractivity contribution in [2.75, 3.05) is 24.2 Å². The molecule has 1 heterocycles. The summed E-state index contributed by atoms with van der Waals surface area (Å²) in [6.45, 7) is 0.575. The predicted octanol–water partition coefficient (Wildman–Crippen LogP) is 2.45. The SMILES string of the molecule is CNc1cc(NCCc2ccc(F)c(F)c2)ncn1. The van der Waals surface area contributed by atoms with E-state index in [1.165, 1.54) is 12.4 Å². The molecule has 6 heteroatoms. The van der Waals surface area contributed by atoms with Crippen LogP contribution in [0.25, 0.3) is 0 Å². The Balaban J connectivity index is 1.90. The number of benzene rings is 1. The van der Waals surface area contributed by atoms with Gasteiger partial charge < -0.3 is 10.6 Å². The Kier molecular flexibility index (Phi) is 4.22. The number of nitrogens with zero attached hydrogens (tertiary/aromatic N) is 2. The van der Waals surface area contributed by atoms with Gasteiger partial charge >= 0.3 is 0 Å². The fourth-order valence-electron chi connectivity index (χ4n) is 1.62. The zero-order chi connectivity index (χ0) is 13.7. The van der Waals surface area contributed by atoms with E-state index in [-0.39, 0.29) is 0 Å². The summed E-state index contributed by atoms with van der Waals surface area (Å²) in [5.74, 6) is -0.254. The second kappa shape index (κ2) is 6.08. The topological polar surface area (TPSA) is 49.8 Å². The molecular formula is C13H14F2N4. The van der Waals surface area contributed by atoms with Gasteiger partial charge in [0.05, 0.1) is 0 Å². The molecule has 0 unspecified atom stereocenters. The smallest absolute Gasteiger partial charge is 0.159 e. The van der Waals surface area contributed by atoms with E-state index in [1.54, 1.807) is 19.2 Å². The van der Waals surface area contributed by atoms with Crippen molar-refractivity contribution in [3.05, 3.63) is 47.8 Å². The van der Waals surface area contributed by atoms with Gasteiger partial charge in [0.15, 0.2) is 11.6 Å². The number of aromatic nitrogens is 2. The summed E-state index contributed by atoms with van der Waals surface area (Å²) in [6, 6.07) is 5.68.